The minimum absolute atomic E-state index is 0.273. The first kappa shape index (κ1) is 35.1. The molecule has 4 nitrogen and oxygen atoms in total. The van der Waals surface area contributed by atoms with E-state index in [-0.39, 0.29) is 6.54 Å². The first-order chi connectivity index (χ1) is 23.7. The molecule has 0 spiro atoms. The maximum Gasteiger partial charge on any atom is 0.406 e. The van der Waals surface area contributed by atoms with Crippen LogP contribution in [0.3, 0.4) is 0 Å². The van der Waals surface area contributed by atoms with Crippen molar-refractivity contribution in [2.45, 2.75) is 82.0 Å². The van der Waals surface area contributed by atoms with Crippen molar-refractivity contribution >= 4 is 21.8 Å². The highest BCUT2D eigenvalue weighted by atomic mass is 79.9. The van der Waals surface area contributed by atoms with Crippen LogP contribution in [-0.4, -0.2) is 36.0 Å². The molecule has 49 heavy (non-hydrogen) atoms. The maximum absolute atomic E-state index is 14.8. The second-order valence-electron chi connectivity index (χ2n) is 13.3. The molecule has 0 N–H and O–H groups in total. The third-order valence-electron chi connectivity index (χ3n) is 10.1. The summed E-state index contributed by atoms with van der Waals surface area (Å²) in [6.07, 6.45) is 4.07. The van der Waals surface area contributed by atoms with Gasteiger partial charge in [0.1, 0.15) is 30.1 Å². The van der Waals surface area contributed by atoms with Gasteiger partial charge in [0.05, 0.1) is 7.11 Å². The lowest BCUT2D eigenvalue weighted by atomic mass is 9.73. The number of carbonyl (C=O) groups excluding carboxylic acids is 1. The van der Waals surface area contributed by atoms with E-state index in [1.165, 1.54) is 51.2 Å². The van der Waals surface area contributed by atoms with E-state index in [1.807, 2.05) is 48.5 Å². The second-order valence-corrected chi connectivity index (χ2v) is 14.1. The quantitative estimate of drug-likeness (QED) is 0.107. The third kappa shape index (κ3) is 7.69. The summed E-state index contributed by atoms with van der Waals surface area (Å²) in [7, 11) is 1.48. The number of fused-ring (bicyclic) bond motifs is 3. The molecule has 2 aliphatic rings. The molecule has 0 heterocycles. The van der Waals surface area contributed by atoms with Gasteiger partial charge in [0.15, 0.2) is 0 Å². The number of amides is 1. The number of halogens is 4. The van der Waals surface area contributed by atoms with Gasteiger partial charge in [-0.25, -0.2) is 0 Å². The van der Waals surface area contributed by atoms with Gasteiger partial charge in [-0.05, 0) is 77.1 Å². The van der Waals surface area contributed by atoms with Crippen LogP contribution in [0.4, 0.5) is 13.2 Å². The SMILES string of the molecule is COc1cc(OCc2ccc(C3CCCCCC3)cc2)ccc1CN(CC(F)(F)F)C(=O)C1(CCCBr)c2ccccc2-c2ccccc21. The Labute approximate surface area is 295 Å². The van der Waals surface area contributed by atoms with Crippen LogP contribution in [0.1, 0.15) is 85.1 Å². The first-order valence-corrected chi connectivity index (χ1v) is 18.4. The van der Waals surface area contributed by atoms with Crippen LogP contribution < -0.4 is 9.47 Å². The summed E-state index contributed by atoms with van der Waals surface area (Å²) in [5.41, 5.74) is 4.88. The van der Waals surface area contributed by atoms with Crippen LogP contribution in [-0.2, 0) is 23.4 Å². The Bertz CT molecular complexity index is 1690. The molecule has 6 rings (SSSR count). The highest BCUT2D eigenvalue weighted by Gasteiger charge is 2.51. The predicted molar refractivity (Wildman–Crippen MR) is 191 cm³/mol. The van der Waals surface area contributed by atoms with E-state index in [2.05, 4.69) is 40.2 Å². The van der Waals surface area contributed by atoms with Crippen molar-refractivity contribution in [1.29, 1.82) is 0 Å². The van der Waals surface area contributed by atoms with E-state index < -0.39 is 24.0 Å². The summed E-state index contributed by atoms with van der Waals surface area (Å²) < 4.78 is 54.5. The fraction of sp³-hybridized carbons (Fsp3) is 0.390. The van der Waals surface area contributed by atoms with Gasteiger partial charge in [0.2, 0.25) is 5.91 Å². The lowest BCUT2D eigenvalue weighted by Crippen LogP contribution is -2.49. The molecule has 0 atom stereocenters. The van der Waals surface area contributed by atoms with Crippen molar-refractivity contribution in [3.05, 3.63) is 119 Å². The molecule has 4 aromatic rings. The van der Waals surface area contributed by atoms with E-state index in [1.54, 1.807) is 18.2 Å². The molecule has 0 saturated heterocycles. The number of alkyl halides is 4. The second kappa shape index (κ2) is 15.4. The Hall–Kier alpha value is -3.78. The van der Waals surface area contributed by atoms with Crippen LogP contribution in [0.5, 0.6) is 11.5 Å². The Balaban J connectivity index is 1.25. The fourth-order valence-electron chi connectivity index (χ4n) is 7.77. The van der Waals surface area contributed by atoms with Crippen molar-refractivity contribution in [2.24, 2.45) is 0 Å². The van der Waals surface area contributed by atoms with Gasteiger partial charge in [0, 0.05) is 23.5 Å². The van der Waals surface area contributed by atoms with Gasteiger partial charge in [-0.1, -0.05) is 114 Å². The van der Waals surface area contributed by atoms with Crippen LogP contribution in [0.25, 0.3) is 11.1 Å². The van der Waals surface area contributed by atoms with Crippen LogP contribution in [0.2, 0.25) is 0 Å². The van der Waals surface area contributed by atoms with Crippen LogP contribution in [0, 0.1) is 0 Å². The predicted octanol–water partition coefficient (Wildman–Crippen LogP) is 10.7. The maximum atomic E-state index is 14.8. The molecule has 258 valence electrons. The third-order valence-corrected chi connectivity index (χ3v) is 10.7. The summed E-state index contributed by atoms with van der Waals surface area (Å²) in [6.45, 7) is -1.31. The molecule has 0 aliphatic heterocycles. The molecule has 4 aromatic carbocycles. The lowest BCUT2D eigenvalue weighted by Gasteiger charge is -2.37. The summed E-state index contributed by atoms with van der Waals surface area (Å²) in [5, 5.41) is 0.617. The molecule has 0 bridgehead atoms. The van der Waals surface area contributed by atoms with Crippen molar-refractivity contribution in [1.82, 2.24) is 4.90 Å². The average Bonchev–Trinajstić information content (AvgIpc) is 3.23. The zero-order valence-corrected chi connectivity index (χ0v) is 29.5. The monoisotopic (exact) mass is 733 g/mol. The molecule has 1 fully saturated rings. The highest BCUT2D eigenvalue weighted by Crippen LogP contribution is 2.52. The van der Waals surface area contributed by atoms with Gasteiger partial charge in [-0.2, -0.15) is 13.2 Å². The van der Waals surface area contributed by atoms with Gasteiger partial charge in [0.25, 0.3) is 0 Å². The molecule has 1 saturated carbocycles. The Morgan fingerprint density at radius 3 is 2.10 bits per heavy atom. The van der Waals surface area contributed by atoms with E-state index in [0.717, 1.165) is 32.7 Å². The number of ether oxygens (including phenoxy) is 2. The zero-order chi connectivity index (χ0) is 34.4. The Morgan fingerprint density at radius 2 is 1.51 bits per heavy atom. The van der Waals surface area contributed by atoms with Crippen LogP contribution >= 0.6 is 15.9 Å². The largest absolute Gasteiger partial charge is 0.496 e. The molecule has 0 unspecified atom stereocenters. The normalized spacial score (nSPS) is 15.6. The van der Waals surface area contributed by atoms with E-state index in [9.17, 15) is 18.0 Å². The molecule has 0 radical (unpaired) electrons. The number of carbonyl (C=O) groups is 1. The Morgan fingerprint density at radius 1 is 0.878 bits per heavy atom. The number of benzene rings is 4. The van der Waals surface area contributed by atoms with Gasteiger partial charge >= 0.3 is 6.18 Å². The standard InChI is InChI=1S/C41H43BrF3NO3/c1-48-38-25-33(49-27-29-17-19-31(20-18-29)30-11-4-2-3-5-12-30)22-21-32(38)26-46(28-41(43,44)45)39(47)40(23-10-24-42)36-15-8-6-13-34(36)35-14-7-9-16-37(35)40/h6-9,13-22,25,30H,2-5,10-12,23-24,26-28H2,1H3. The molecule has 2 aliphatic carbocycles. The summed E-state index contributed by atoms with van der Waals surface area (Å²) in [6, 6.07) is 28.9. The minimum Gasteiger partial charge on any atom is -0.496 e. The van der Waals surface area contributed by atoms with Crippen LogP contribution in [0.15, 0.2) is 91.0 Å². The zero-order valence-electron chi connectivity index (χ0n) is 27.9. The Kier molecular flexibility index (Phi) is 11.0. The number of hydrogen-bond donors (Lipinski definition) is 0. The van der Waals surface area contributed by atoms with Gasteiger partial charge < -0.3 is 14.4 Å². The summed E-state index contributed by atoms with van der Waals surface area (Å²) >= 11 is 3.49. The van der Waals surface area contributed by atoms with E-state index in [0.29, 0.717) is 47.8 Å². The molecular formula is C41H43BrF3NO3. The lowest BCUT2D eigenvalue weighted by molar-refractivity contribution is -0.165. The summed E-state index contributed by atoms with van der Waals surface area (Å²) in [4.78, 5) is 15.7. The van der Waals surface area contributed by atoms with E-state index in [4.69, 9.17) is 9.47 Å². The van der Waals surface area contributed by atoms with Crippen molar-refractivity contribution in [3.8, 4) is 22.6 Å². The number of rotatable bonds is 12. The number of hydrogen-bond acceptors (Lipinski definition) is 3. The minimum atomic E-state index is -4.61. The topological polar surface area (TPSA) is 38.8 Å². The average molecular weight is 735 g/mol. The number of methoxy groups -OCH3 is 1. The molecular weight excluding hydrogens is 691 g/mol. The molecule has 0 aromatic heterocycles. The first-order valence-electron chi connectivity index (χ1n) is 17.2. The smallest absolute Gasteiger partial charge is 0.406 e. The van der Waals surface area contributed by atoms with Gasteiger partial charge in [-0.3, -0.25) is 4.79 Å². The van der Waals surface area contributed by atoms with Crippen molar-refractivity contribution in [2.75, 3.05) is 19.0 Å². The van der Waals surface area contributed by atoms with Crippen molar-refractivity contribution < 1.29 is 27.4 Å². The van der Waals surface area contributed by atoms with Crippen molar-refractivity contribution in [3.63, 3.8) is 0 Å². The molecule has 8 heteroatoms. The van der Waals surface area contributed by atoms with E-state index >= 15 is 0 Å². The highest BCUT2D eigenvalue weighted by molar-refractivity contribution is 9.09. The molecule has 1 amide bonds. The summed E-state index contributed by atoms with van der Waals surface area (Å²) in [5.74, 6) is 0.950. The van der Waals surface area contributed by atoms with Gasteiger partial charge in [-0.15, -0.1) is 0 Å². The fourth-order valence-corrected chi connectivity index (χ4v) is 8.05. The number of nitrogens with zero attached hydrogens (tertiary/aromatic N) is 1.